The van der Waals surface area contributed by atoms with Gasteiger partial charge >= 0.3 is 0 Å². The summed E-state index contributed by atoms with van der Waals surface area (Å²) in [6.45, 7) is 3.70. The molecular formula is C13H14O. The van der Waals surface area contributed by atoms with Crippen LogP contribution in [0, 0.1) is 6.92 Å². The van der Waals surface area contributed by atoms with E-state index < -0.39 is 0 Å². The molecular weight excluding hydrogens is 172 g/mol. The zero-order valence-electron chi connectivity index (χ0n) is 8.63. The Kier molecular flexibility index (Phi) is 2.24. The maximum absolute atomic E-state index is 11.0. The van der Waals surface area contributed by atoms with Gasteiger partial charge in [0, 0.05) is 0 Å². The molecule has 2 rings (SSSR count). The molecule has 1 aliphatic rings. The molecule has 0 aromatic heterocycles. The molecule has 0 saturated carbocycles. The maximum Gasteiger partial charge on any atom is 0.152 e. The zero-order chi connectivity index (χ0) is 10.1. The van der Waals surface area contributed by atoms with E-state index >= 15 is 0 Å². The van der Waals surface area contributed by atoms with Crippen molar-refractivity contribution in [2.75, 3.05) is 0 Å². The van der Waals surface area contributed by atoms with E-state index in [9.17, 15) is 4.79 Å². The Bertz CT molecular complexity index is 413. The summed E-state index contributed by atoms with van der Waals surface area (Å²) >= 11 is 0. The largest absolute Gasteiger partial charge is 0.295 e. The highest BCUT2D eigenvalue weighted by Crippen LogP contribution is 2.32. The molecule has 0 unspecified atom stereocenters. The summed E-state index contributed by atoms with van der Waals surface area (Å²) in [4.78, 5) is 11.0. The van der Waals surface area contributed by atoms with Crippen LogP contribution in [0.4, 0.5) is 0 Å². The van der Waals surface area contributed by atoms with E-state index in [1.54, 1.807) is 13.0 Å². The van der Waals surface area contributed by atoms with E-state index in [2.05, 4.69) is 25.1 Å². The van der Waals surface area contributed by atoms with Gasteiger partial charge in [0.05, 0.1) is 0 Å². The summed E-state index contributed by atoms with van der Waals surface area (Å²) in [5, 5.41) is 0. The van der Waals surface area contributed by atoms with E-state index in [-0.39, 0.29) is 5.78 Å². The van der Waals surface area contributed by atoms with Gasteiger partial charge in [0.25, 0.3) is 0 Å². The maximum atomic E-state index is 11.0. The van der Waals surface area contributed by atoms with Crippen molar-refractivity contribution < 1.29 is 4.79 Å². The van der Waals surface area contributed by atoms with Crippen molar-refractivity contribution in [1.29, 1.82) is 0 Å². The van der Waals surface area contributed by atoms with Gasteiger partial charge in [-0.05, 0) is 49.5 Å². The lowest BCUT2D eigenvalue weighted by atomic mass is 10.0. The first-order chi connectivity index (χ1) is 6.66. The monoisotopic (exact) mass is 186 g/mol. The van der Waals surface area contributed by atoms with E-state index in [1.807, 2.05) is 0 Å². The Labute approximate surface area is 84.5 Å². The smallest absolute Gasteiger partial charge is 0.152 e. The molecule has 0 aliphatic heterocycles. The van der Waals surface area contributed by atoms with Gasteiger partial charge in [-0.25, -0.2) is 0 Å². The topological polar surface area (TPSA) is 17.1 Å². The first-order valence-electron chi connectivity index (χ1n) is 4.98. The molecule has 0 heterocycles. The van der Waals surface area contributed by atoms with E-state index in [0.29, 0.717) is 0 Å². The van der Waals surface area contributed by atoms with Crippen LogP contribution in [0.15, 0.2) is 24.3 Å². The minimum Gasteiger partial charge on any atom is -0.295 e. The van der Waals surface area contributed by atoms with Crippen molar-refractivity contribution >= 4 is 11.4 Å². The van der Waals surface area contributed by atoms with Crippen LogP contribution in [0.5, 0.6) is 0 Å². The van der Waals surface area contributed by atoms with Gasteiger partial charge in [0.15, 0.2) is 5.78 Å². The molecule has 0 radical (unpaired) electrons. The average molecular weight is 186 g/mol. The van der Waals surface area contributed by atoms with Gasteiger partial charge in [-0.3, -0.25) is 4.79 Å². The van der Waals surface area contributed by atoms with Gasteiger partial charge in [0.1, 0.15) is 0 Å². The second kappa shape index (κ2) is 3.41. The highest BCUT2D eigenvalue weighted by molar-refractivity contribution is 5.96. The van der Waals surface area contributed by atoms with Gasteiger partial charge in [0.2, 0.25) is 0 Å². The lowest BCUT2D eigenvalue weighted by Crippen LogP contribution is -1.86. The molecule has 0 fully saturated rings. The SMILES string of the molecule is CC(=O)/C=C1/CCc2ccc(C)cc21. The van der Waals surface area contributed by atoms with Crippen molar-refractivity contribution in [3.8, 4) is 0 Å². The van der Waals surface area contributed by atoms with Crippen LogP contribution in [0.2, 0.25) is 0 Å². The second-order valence-electron chi connectivity index (χ2n) is 3.94. The van der Waals surface area contributed by atoms with Crippen LogP contribution < -0.4 is 0 Å². The zero-order valence-corrected chi connectivity index (χ0v) is 8.63. The molecule has 1 aromatic rings. The number of rotatable bonds is 1. The quantitative estimate of drug-likeness (QED) is 0.616. The molecule has 72 valence electrons. The lowest BCUT2D eigenvalue weighted by molar-refractivity contribution is -0.112. The molecule has 0 spiro atoms. The first kappa shape index (κ1) is 9.20. The molecule has 1 heteroatoms. The number of allylic oxidation sites excluding steroid dienone is 2. The number of ketones is 1. The second-order valence-corrected chi connectivity index (χ2v) is 3.94. The third-order valence-electron chi connectivity index (χ3n) is 2.65. The standard InChI is InChI=1S/C13H14O/c1-9-3-4-11-5-6-12(8-10(2)14)13(11)7-9/h3-4,7-8H,5-6H2,1-2H3/b12-8-. The number of carbonyl (C=O) groups is 1. The molecule has 0 N–H and O–H groups in total. The van der Waals surface area contributed by atoms with Crippen molar-refractivity contribution in [3.05, 3.63) is 41.0 Å². The molecule has 14 heavy (non-hydrogen) atoms. The molecule has 1 aromatic carbocycles. The fraction of sp³-hybridized carbons (Fsp3) is 0.308. The van der Waals surface area contributed by atoms with Gasteiger partial charge in [-0.1, -0.05) is 23.8 Å². The van der Waals surface area contributed by atoms with E-state index in [1.165, 1.54) is 22.3 Å². The Morgan fingerprint density at radius 3 is 2.86 bits per heavy atom. The third-order valence-corrected chi connectivity index (χ3v) is 2.65. The summed E-state index contributed by atoms with van der Waals surface area (Å²) in [5.41, 5.74) is 5.12. The minimum absolute atomic E-state index is 0.148. The first-order valence-corrected chi connectivity index (χ1v) is 4.98. The number of hydrogen-bond donors (Lipinski definition) is 0. The lowest BCUT2D eigenvalue weighted by Gasteiger charge is -2.01. The van der Waals surface area contributed by atoms with Crippen LogP contribution in [-0.4, -0.2) is 5.78 Å². The fourth-order valence-electron chi connectivity index (χ4n) is 2.01. The summed E-state index contributed by atoms with van der Waals surface area (Å²) in [6, 6.07) is 6.48. The minimum atomic E-state index is 0.148. The number of aryl methyl sites for hydroxylation is 2. The van der Waals surface area contributed by atoms with Crippen molar-refractivity contribution in [2.24, 2.45) is 0 Å². The number of fused-ring (bicyclic) bond motifs is 1. The normalized spacial score (nSPS) is 17.1. The third kappa shape index (κ3) is 1.63. The number of hydrogen-bond acceptors (Lipinski definition) is 1. The van der Waals surface area contributed by atoms with E-state index in [4.69, 9.17) is 0 Å². The van der Waals surface area contributed by atoms with Crippen molar-refractivity contribution in [1.82, 2.24) is 0 Å². The molecule has 1 aliphatic carbocycles. The Balaban J connectivity index is 2.48. The number of benzene rings is 1. The Morgan fingerprint density at radius 2 is 2.14 bits per heavy atom. The summed E-state index contributed by atoms with van der Waals surface area (Å²) in [6.07, 6.45) is 3.86. The van der Waals surface area contributed by atoms with Crippen LogP contribution in [0.25, 0.3) is 5.57 Å². The Morgan fingerprint density at radius 1 is 1.36 bits per heavy atom. The van der Waals surface area contributed by atoms with Crippen LogP contribution in [0.1, 0.15) is 30.0 Å². The molecule has 0 amide bonds. The Hall–Kier alpha value is -1.37. The van der Waals surface area contributed by atoms with Crippen LogP contribution in [0.3, 0.4) is 0 Å². The summed E-state index contributed by atoms with van der Waals surface area (Å²) in [7, 11) is 0. The summed E-state index contributed by atoms with van der Waals surface area (Å²) < 4.78 is 0. The van der Waals surface area contributed by atoms with Crippen molar-refractivity contribution in [3.63, 3.8) is 0 Å². The van der Waals surface area contributed by atoms with Crippen LogP contribution >= 0.6 is 0 Å². The summed E-state index contributed by atoms with van der Waals surface area (Å²) in [5.74, 6) is 0.148. The fourth-order valence-corrected chi connectivity index (χ4v) is 2.01. The highest BCUT2D eigenvalue weighted by Gasteiger charge is 2.15. The molecule has 1 nitrogen and oxygen atoms in total. The average Bonchev–Trinajstić information content (AvgIpc) is 2.47. The van der Waals surface area contributed by atoms with Gasteiger partial charge in [-0.2, -0.15) is 0 Å². The predicted molar refractivity (Wildman–Crippen MR) is 58.2 cm³/mol. The molecule has 0 atom stereocenters. The van der Waals surface area contributed by atoms with Gasteiger partial charge < -0.3 is 0 Å². The number of carbonyl (C=O) groups excluding carboxylic acids is 1. The molecule has 0 bridgehead atoms. The predicted octanol–water partition coefficient (Wildman–Crippen LogP) is 2.91. The van der Waals surface area contributed by atoms with E-state index in [0.717, 1.165) is 12.8 Å². The van der Waals surface area contributed by atoms with Gasteiger partial charge in [-0.15, -0.1) is 0 Å². The highest BCUT2D eigenvalue weighted by atomic mass is 16.1. The molecule has 0 saturated heterocycles. The van der Waals surface area contributed by atoms with Crippen molar-refractivity contribution in [2.45, 2.75) is 26.7 Å². The van der Waals surface area contributed by atoms with Crippen LogP contribution in [-0.2, 0) is 11.2 Å².